The lowest BCUT2D eigenvalue weighted by Gasteiger charge is -2.04. The van der Waals surface area contributed by atoms with Crippen molar-refractivity contribution in [3.63, 3.8) is 0 Å². The van der Waals surface area contributed by atoms with Crippen LogP contribution in [0.15, 0.2) is 6.33 Å². The maximum Gasteiger partial charge on any atom is 0.241 e. The predicted octanol–water partition coefficient (Wildman–Crippen LogP) is 0.167. The highest BCUT2D eigenvalue weighted by Crippen LogP contribution is 2.33. The molecule has 1 aromatic heterocycles. The van der Waals surface area contributed by atoms with Crippen LogP contribution in [0.1, 0.15) is 25.7 Å². The van der Waals surface area contributed by atoms with Crippen molar-refractivity contribution < 1.29 is 4.79 Å². The summed E-state index contributed by atoms with van der Waals surface area (Å²) in [5.74, 6) is 1.08. The number of hydrogen-bond acceptors (Lipinski definition) is 4. The van der Waals surface area contributed by atoms with Crippen molar-refractivity contribution in [2.75, 3.05) is 12.3 Å². The molecule has 2 rings (SSSR count). The van der Waals surface area contributed by atoms with E-state index in [9.17, 15) is 4.79 Å². The first-order valence-electron chi connectivity index (χ1n) is 5.65. The second kappa shape index (κ2) is 4.96. The number of nitrogen functional groups attached to an aromatic ring is 1. The van der Waals surface area contributed by atoms with Gasteiger partial charge in [-0.1, -0.05) is 12.8 Å². The standard InChI is InChI=1S/C10H17N5O/c11-10-13-7-15(14-10)6-9(16)12-5-1-2-8-3-4-8/h7-8H,1-6H2,(H2,11,14)(H,12,16). The van der Waals surface area contributed by atoms with Gasteiger partial charge in [0.15, 0.2) is 0 Å². The highest BCUT2D eigenvalue weighted by atomic mass is 16.2. The largest absolute Gasteiger partial charge is 0.367 e. The molecule has 6 nitrogen and oxygen atoms in total. The molecular formula is C10H17N5O. The zero-order valence-corrected chi connectivity index (χ0v) is 9.22. The third-order valence-corrected chi connectivity index (χ3v) is 2.67. The molecule has 0 spiro atoms. The first-order chi connectivity index (χ1) is 7.74. The van der Waals surface area contributed by atoms with Crippen LogP contribution in [0.25, 0.3) is 0 Å². The molecule has 0 aliphatic heterocycles. The lowest BCUT2D eigenvalue weighted by atomic mass is 10.2. The SMILES string of the molecule is Nc1ncn(CC(=O)NCCCC2CC2)n1. The van der Waals surface area contributed by atoms with Crippen LogP contribution in [0.3, 0.4) is 0 Å². The third-order valence-electron chi connectivity index (χ3n) is 2.67. The number of aromatic nitrogens is 3. The number of hydrogen-bond donors (Lipinski definition) is 2. The Morgan fingerprint density at radius 1 is 1.62 bits per heavy atom. The molecule has 0 radical (unpaired) electrons. The van der Waals surface area contributed by atoms with Crippen LogP contribution in [0.4, 0.5) is 5.95 Å². The average Bonchev–Trinajstić information content (AvgIpc) is 2.98. The number of carbonyl (C=O) groups excluding carboxylic acids is 1. The van der Waals surface area contributed by atoms with E-state index >= 15 is 0 Å². The number of anilines is 1. The van der Waals surface area contributed by atoms with Gasteiger partial charge >= 0.3 is 0 Å². The Morgan fingerprint density at radius 2 is 2.44 bits per heavy atom. The predicted molar refractivity (Wildman–Crippen MR) is 59.4 cm³/mol. The zero-order chi connectivity index (χ0) is 11.4. The molecule has 1 heterocycles. The third kappa shape index (κ3) is 3.52. The second-order valence-electron chi connectivity index (χ2n) is 4.24. The lowest BCUT2D eigenvalue weighted by molar-refractivity contribution is -0.121. The van der Waals surface area contributed by atoms with Gasteiger partial charge in [-0.3, -0.25) is 4.79 Å². The van der Waals surface area contributed by atoms with Crippen molar-refractivity contribution in [3.05, 3.63) is 6.33 Å². The molecule has 1 aliphatic rings. The summed E-state index contributed by atoms with van der Waals surface area (Å²) >= 11 is 0. The monoisotopic (exact) mass is 223 g/mol. The van der Waals surface area contributed by atoms with Crippen LogP contribution < -0.4 is 11.1 Å². The van der Waals surface area contributed by atoms with Gasteiger partial charge in [0.25, 0.3) is 0 Å². The normalized spacial score (nSPS) is 15.0. The first kappa shape index (κ1) is 10.9. The molecule has 0 atom stereocenters. The van der Waals surface area contributed by atoms with Crippen LogP contribution in [0, 0.1) is 5.92 Å². The molecule has 1 amide bonds. The summed E-state index contributed by atoms with van der Waals surface area (Å²) in [4.78, 5) is 15.2. The van der Waals surface area contributed by atoms with Crippen molar-refractivity contribution in [2.24, 2.45) is 5.92 Å². The molecule has 1 aliphatic carbocycles. The molecule has 0 saturated heterocycles. The highest BCUT2D eigenvalue weighted by molar-refractivity contribution is 5.75. The van der Waals surface area contributed by atoms with Crippen LogP contribution >= 0.6 is 0 Å². The van der Waals surface area contributed by atoms with Crippen molar-refractivity contribution >= 4 is 11.9 Å². The Kier molecular flexibility index (Phi) is 3.38. The van der Waals surface area contributed by atoms with Crippen molar-refractivity contribution in [3.8, 4) is 0 Å². The molecule has 3 N–H and O–H groups in total. The van der Waals surface area contributed by atoms with Gasteiger partial charge in [-0.05, 0) is 18.8 Å². The van der Waals surface area contributed by atoms with Gasteiger partial charge in [-0.25, -0.2) is 9.67 Å². The van der Waals surface area contributed by atoms with E-state index in [-0.39, 0.29) is 18.4 Å². The molecular weight excluding hydrogens is 206 g/mol. The van der Waals surface area contributed by atoms with Gasteiger partial charge in [-0.2, -0.15) is 0 Å². The average molecular weight is 223 g/mol. The Labute approximate surface area is 94.2 Å². The van der Waals surface area contributed by atoms with Gasteiger partial charge in [0.2, 0.25) is 11.9 Å². The van der Waals surface area contributed by atoms with Gasteiger partial charge in [0, 0.05) is 6.54 Å². The van der Waals surface area contributed by atoms with E-state index in [1.165, 1.54) is 30.3 Å². The summed E-state index contributed by atoms with van der Waals surface area (Å²) in [7, 11) is 0. The Bertz CT molecular complexity index is 358. The number of rotatable bonds is 6. The number of nitrogens with two attached hydrogens (primary N) is 1. The molecule has 1 aromatic rings. The van der Waals surface area contributed by atoms with E-state index in [1.54, 1.807) is 0 Å². The van der Waals surface area contributed by atoms with E-state index in [0.29, 0.717) is 0 Å². The van der Waals surface area contributed by atoms with Gasteiger partial charge in [-0.15, -0.1) is 5.10 Å². The zero-order valence-electron chi connectivity index (χ0n) is 9.22. The topological polar surface area (TPSA) is 85.8 Å². The minimum absolute atomic E-state index is 0.0410. The number of amides is 1. The van der Waals surface area contributed by atoms with Crippen LogP contribution in [-0.4, -0.2) is 27.2 Å². The fraction of sp³-hybridized carbons (Fsp3) is 0.700. The molecule has 88 valence electrons. The van der Waals surface area contributed by atoms with Gasteiger partial charge in [0.05, 0.1) is 0 Å². The van der Waals surface area contributed by atoms with E-state index in [0.717, 1.165) is 18.9 Å². The Balaban J connectivity index is 1.59. The first-order valence-corrected chi connectivity index (χ1v) is 5.65. The van der Waals surface area contributed by atoms with E-state index < -0.39 is 0 Å². The minimum Gasteiger partial charge on any atom is -0.367 e. The summed E-state index contributed by atoms with van der Waals surface area (Å²) in [5.41, 5.74) is 5.34. The van der Waals surface area contributed by atoms with Gasteiger partial charge < -0.3 is 11.1 Å². The Morgan fingerprint density at radius 3 is 3.06 bits per heavy atom. The molecule has 0 aromatic carbocycles. The smallest absolute Gasteiger partial charge is 0.241 e. The molecule has 6 heteroatoms. The maximum atomic E-state index is 11.4. The van der Waals surface area contributed by atoms with Crippen molar-refractivity contribution in [1.29, 1.82) is 0 Å². The summed E-state index contributed by atoms with van der Waals surface area (Å²) < 4.78 is 1.44. The molecule has 0 bridgehead atoms. The van der Waals surface area contributed by atoms with Crippen LogP contribution in [0.2, 0.25) is 0 Å². The van der Waals surface area contributed by atoms with E-state index in [2.05, 4.69) is 15.4 Å². The fourth-order valence-corrected chi connectivity index (χ4v) is 1.61. The minimum atomic E-state index is -0.0410. The Hall–Kier alpha value is -1.59. The number of carbonyl (C=O) groups is 1. The van der Waals surface area contributed by atoms with Crippen molar-refractivity contribution in [1.82, 2.24) is 20.1 Å². The van der Waals surface area contributed by atoms with Crippen LogP contribution in [-0.2, 0) is 11.3 Å². The summed E-state index contributed by atoms with van der Waals surface area (Å²) in [6.45, 7) is 0.938. The van der Waals surface area contributed by atoms with E-state index in [4.69, 9.17) is 5.73 Å². The molecule has 0 unspecified atom stereocenters. The molecule has 1 fully saturated rings. The molecule has 16 heavy (non-hydrogen) atoms. The highest BCUT2D eigenvalue weighted by Gasteiger charge is 2.20. The second-order valence-corrected chi connectivity index (χ2v) is 4.24. The van der Waals surface area contributed by atoms with Crippen LogP contribution in [0.5, 0.6) is 0 Å². The lowest BCUT2D eigenvalue weighted by Crippen LogP contribution is -2.28. The summed E-state index contributed by atoms with van der Waals surface area (Å²) in [6, 6.07) is 0. The fourth-order valence-electron chi connectivity index (χ4n) is 1.61. The maximum absolute atomic E-state index is 11.4. The quantitative estimate of drug-likeness (QED) is 0.673. The summed E-state index contributed by atoms with van der Waals surface area (Å²) in [5, 5.41) is 6.69. The number of nitrogens with zero attached hydrogens (tertiary/aromatic N) is 3. The van der Waals surface area contributed by atoms with Gasteiger partial charge in [0.1, 0.15) is 12.9 Å². The summed E-state index contributed by atoms with van der Waals surface area (Å²) in [6.07, 6.45) is 6.49. The number of nitrogens with one attached hydrogen (secondary N) is 1. The van der Waals surface area contributed by atoms with E-state index in [1.807, 2.05) is 0 Å². The van der Waals surface area contributed by atoms with Crippen molar-refractivity contribution in [2.45, 2.75) is 32.2 Å². The molecule has 1 saturated carbocycles.